The van der Waals surface area contributed by atoms with Gasteiger partial charge in [0.1, 0.15) is 6.54 Å². The maximum Gasteiger partial charge on any atom is 0.254 e. The highest BCUT2D eigenvalue weighted by atomic mass is 32.2. The van der Waals surface area contributed by atoms with Gasteiger partial charge in [-0.15, -0.1) is 11.8 Å². The predicted molar refractivity (Wildman–Crippen MR) is 95.0 cm³/mol. The molecule has 23 heavy (non-hydrogen) atoms. The van der Waals surface area contributed by atoms with E-state index in [0.717, 1.165) is 38.3 Å². The van der Waals surface area contributed by atoms with Crippen LogP contribution in [-0.2, 0) is 6.54 Å². The van der Waals surface area contributed by atoms with Crippen LogP contribution in [0.25, 0.3) is 0 Å². The second-order valence-electron chi connectivity index (χ2n) is 5.93. The summed E-state index contributed by atoms with van der Waals surface area (Å²) in [6.07, 6.45) is 2.10. The van der Waals surface area contributed by atoms with E-state index in [-0.39, 0.29) is 5.91 Å². The van der Waals surface area contributed by atoms with Crippen LogP contribution < -0.4 is 4.90 Å². The van der Waals surface area contributed by atoms with E-state index in [9.17, 15) is 4.79 Å². The summed E-state index contributed by atoms with van der Waals surface area (Å²) in [7, 11) is 0. The van der Waals surface area contributed by atoms with Crippen LogP contribution >= 0.6 is 11.8 Å². The zero-order chi connectivity index (χ0) is 16.1. The molecule has 1 aliphatic heterocycles. The summed E-state index contributed by atoms with van der Waals surface area (Å²) in [5, 5.41) is 0. The van der Waals surface area contributed by atoms with Crippen LogP contribution in [0.15, 0.2) is 59.5 Å². The Balaban J connectivity index is 1.53. The Hall–Kier alpha value is -1.78. The van der Waals surface area contributed by atoms with Crippen molar-refractivity contribution in [1.82, 2.24) is 4.90 Å². The van der Waals surface area contributed by atoms with Crippen LogP contribution in [0.5, 0.6) is 0 Å². The summed E-state index contributed by atoms with van der Waals surface area (Å²) in [5.41, 5.74) is 2.17. The molecule has 1 N–H and O–H groups in total. The normalized spacial score (nSPS) is 15.6. The number of amides is 1. The molecule has 1 aliphatic rings. The summed E-state index contributed by atoms with van der Waals surface area (Å²) in [6, 6.07) is 18.4. The predicted octanol–water partition coefficient (Wildman–Crippen LogP) is 1.95. The van der Waals surface area contributed by atoms with Gasteiger partial charge >= 0.3 is 0 Å². The first-order valence-electron chi connectivity index (χ1n) is 8.07. The van der Waals surface area contributed by atoms with E-state index in [1.54, 1.807) is 16.7 Å². The molecule has 0 spiro atoms. The molecule has 0 aliphatic carbocycles. The molecular weight excluding hydrogens is 304 g/mol. The number of nitrogens with one attached hydrogen (secondary N) is 1. The lowest BCUT2D eigenvalue weighted by molar-refractivity contribution is -0.917. The van der Waals surface area contributed by atoms with Gasteiger partial charge in [-0.25, -0.2) is 0 Å². The summed E-state index contributed by atoms with van der Waals surface area (Å²) in [4.78, 5) is 17.3. The van der Waals surface area contributed by atoms with E-state index in [4.69, 9.17) is 0 Å². The average Bonchev–Trinajstić information content (AvgIpc) is 2.63. The summed E-state index contributed by atoms with van der Waals surface area (Å²) in [5.74, 6) is 0.161. The Morgan fingerprint density at radius 2 is 1.70 bits per heavy atom. The fourth-order valence-electron chi connectivity index (χ4n) is 3.00. The maximum atomic E-state index is 12.4. The lowest BCUT2D eigenvalue weighted by Crippen LogP contribution is -3.13. The van der Waals surface area contributed by atoms with Crippen LogP contribution in [0.2, 0.25) is 0 Å². The molecule has 1 amide bonds. The molecule has 4 heteroatoms. The van der Waals surface area contributed by atoms with Gasteiger partial charge in [0.2, 0.25) is 0 Å². The minimum Gasteiger partial charge on any atom is -0.328 e. The first-order valence-corrected chi connectivity index (χ1v) is 9.29. The van der Waals surface area contributed by atoms with Crippen LogP contribution in [-0.4, -0.2) is 43.2 Å². The Bertz CT molecular complexity index is 634. The van der Waals surface area contributed by atoms with Gasteiger partial charge in [-0.05, 0) is 30.5 Å². The fourth-order valence-corrected chi connectivity index (χ4v) is 3.41. The van der Waals surface area contributed by atoms with Crippen molar-refractivity contribution < 1.29 is 9.69 Å². The smallest absolute Gasteiger partial charge is 0.254 e. The number of hydrogen-bond acceptors (Lipinski definition) is 2. The number of nitrogens with zero attached hydrogens (tertiary/aromatic N) is 1. The summed E-state index contributed by atoms with van der Waals surface area (Å²) >= 11 is 1.77. The van der Waals surface area contributed by atoms with E-state index < -0.39 is 0 Å². The van der Waals surface area contributed by atoms with Crippen molar-refractivity contribution in [3.8, 4) is 0 Å². The zero-order valence-electron chi connectivity index (χ0n) is 13.5. The monoisotopic (exact) mass is 327 g/mol. The first-order chi connectivity index (χ1) is 11.3. The molecule has 0 radical (unpaired) electrons. The lowest BCUT2D eigenvalue weighted by atomic mass is 10.1. The number of carbonyl (C=O) groups is 1. The van der Waals surface area contributed by atoms with Gasteiger partial charge in [0.15, 0.2) is 0 Å². The summed E-state index contributed by atoms with van der Waals surface area (Å²) < 4.78 is 0. The van der Waals surface area contributed by atoms with E-state index in [1.165, 1.54) is 10.5 Å². The molecule has 1 fully saturated rings. The number of hydrogen-bond donors (Lipinski definition) is 1. The molecule has 0 bridgehead atoms. The highest BCUT2D eigenvalue weighted by Gasteiger charge is 2.24. The van der Waals surface area contributed by atoms with Crippen LogP contribution in [0.4, 0.5) is 0 Å². The number of carbonyl (C=O) groups excluding carboxylic acids is 1. The van der Waals surface area contributed by atoms with Gasteiger partial charge in [0, 0.05) is 16.0 Å². The first kappa shape index (κ1) is 16.1. The van der Waals surface area contributed by atoms with Crippen molar-refractivity contribution in [1.29, 1.82) is 0 Å². The molecule has 1 heterocycles. The molecule has 0 unspecified atom stereocenters. The third-order valence-corrected chi connectivity index (χ3v) is 5.14. The van der Waals surface area contributed by atoms with Gasteiger partial charge in [-0.3, -0.25) is 4.79 Å². The molecule has 0 atom stereocenters. The van der Waals surface area contributed by atoms with Crippen molar-refractivity contribution >= 4 is 17.7 Å². The molecule has 3 nitrogen and oxygen atoms in total. The molecule has 2 aromatic rings. The third kappa shape index (κ3) is 4.15. The Morgan fingerprint density at radius 3 is 2.30 bits per heavy atom. The van der Waals surface area contributed by atoms with E-state index >= 15 is 0 Å². The molecule has 0 aromatic heterocycles. The third-order valence-electron chi connectivity index (χ3n) is 4.39. The van der Waals surface area contributed by atoms with Crippen LogP contribution in [0.1, 0.15) is 15.9 Å². The van der Waals surface area contributed by atoms with Gasteiger partial charge in [-0.1, -0.05) is 30.3 Å². The van der Waals surface area contributed by atoms with Crippen molar-refractivity contribution in [2.45, 2.75) is 11.4 Å². The fraction of sp³-hybridized carbons (Fsp3) is 0.316. The van der Waals surface area contributed by atoms with E-state index in [2.05, 4.69) is 30.5 Å². The quantitative estimate of drug-likeness (QED) is 0.868. The second kappa shape index (κ2) is 7.66. The van der Waals surface area contributed by atoms with Crippen molar-refractivity contribution in [2.24, 2.45) is 0 Å². The summed E-state index contributed by atoms with van der Waals surface area (Å²) in [6.45, 7) is 4.76. The maximum absolute atomic E-state index is 12.4. The number of quaternary nitrogens is 1. The van der Waals surface area contributed by atoms with Crippen LogP contribution in [0.3, 0.4) is 0 Å². The Kier molecular flexibility index (Phi) is 5.36. The molecular formula is C19H23N2OS+. The van der Waals surface area contributed by atoms with Crippen molar-refractivity contribution in [3.05, 3.63) is 65.7 Å². The van der Waals surface area contributed by atoms with Crippen LogP contribution in [0, 0.1) is 0 Å². The Morgan fingerprint density at radius 1 is 1.04 bits per heavy atom. The number of piperazine rings is 1. The molecule has 3 rings (SSSR count). The lowest BCUT2D eigenvalue weighted by Gasteiger charge is -2.32. The minimum absolute atomic E-state index is 0.161. The van der Waals surface area contributed by atoms with Crippen molar-refractivity contribution in [2.75, 3.05) is 32.4 Å². The average molecular weight is 327 g/mol. The Labute approximate surface area is 142 Å². The SMILES string of the molecule is CSc1ccc(C[NH+]2CCN(C(=O)c3ccccc3)CC2)cc1. The molecule has 120 valence electrons. The second-order valence-corrected chi connectivity index (χ2v) is 6.81. The number of benzene rings is 2. The molecule has 2 aromatic carbocycles. The highest BCUT2D eigenvalue weighted by Crippen LogP contribution is 2.14. The zero-order valence-corrected chi connectivity index (χ0v) is 14.3. The van der Waals surface area contributed by atoms with Gasteiger partial charge in [0.25, 0.3) is 5.91 Å². The number of thioether (sulfide) groups is 1. The van der Waals surface area contributed by atoms with Gasteiger partial charge in [0.05, 0.1) is 26.2 Å². The standard InChI is InChI=1S/C19H22N2OS/c1-23-18-9-7-16(8-10-18)15-20-11-13-21(14-12-20)19(22)17-5-3-2-4-6-17/h2-10H,11-15H2,1H3/p+1. The highest BCUT2D eigenvalue weighted by molar-refractivity contribution is 7.98. The number of rotatable bonds is 4. The van der Waals surface area contributed by atoms with Gasteiger partial charge in [-0.2, -0.15) is 0 Å². The largest absolute Gasteiger partial charge is 0.328 e. The van der Waals surface area contributed by atoms with E-state index in [1.807, 2.05) is 35.2 Å². The van der Waals surface area contributed by atoms with Crippen molar-refractivity contribution in [3.63, 3.8) is 0 Å². The molecule has 1 saturated heterocycles. The van der Waals surface area contributed by atoms with E-state index in [0.29, 0.717) is 0 Å². The van der Waals surface area contributed by atoms with Gasteiger partial charge < -0.3 is 9.80 Å². The topological polar surface area (TPSA) is 24.8 Å². The minimum atomic E-state index is 0.161. The molecule has 0 saturated carbocycles.